The molecule has 10 heteroatoms. The van der Waals surface area contributed by atoms with Crippen molar-refractivity contribution < 1.29 is 27.2 Å². The fraction of sp³-hybridized carbons (Fsp3) is 0.565. The van der Waals surface area contributed by atoms with Gasteiger partial charge in [-0.1, -0.05) is 45.5 Å². The topological polar surface area (TPSA) is 90.0 Å². The van der Waals surface area contributed by atoms with Crippen LogP contribution in [0.4, 0.5) is 0 Å². The molecule has 0 radical (unpaired) electrons. The van der Waals surface area contributed by atoms with E-state index in [4.69, 9.17) is 9.16 Å². The highest BCUT2D eigenvalue weighted by Gasteiger charge is 2.58. The summed E-state index contributed by atoms with van der Waals surface area (Å²) in [6, 6.07) is 6.96. The molecule has 1 heterocycles. The van der Waals surface area contributed by atoms with E-state index in [9.17, 15) is 18.0 Å². The molecular weight excluding hydrogens is 478 g/mol. The number of likely N-dealkylation sites (tertiary alicyclic amines) is 1. The number of hydrogen-bond donors (Lipinski definition) is 0. The second-order valence-corrected chi connectivity index (χ2v) is 18.6. The van der Waals surface area contributed by atoms with Gasteiger partial charge in [-0.15, -0.1) is 0 Å². The Morgan fingerprint density at radius 2 is 1.76 bits per heavy atom. The number of carbonyl (C=O) groups is 2. The van der Waals surface area contributed by atoms with Gasteiger partial charge in [0.15, 0.2) is 14.4 Å². The molecule has 184 valence electrons. The molecule has 0 N–H and O–H groups in total. The molecule has 1 aromatic carbocycles. The third kappa shape index (κ3) is 5.72. The third-order valence-electron chi connectivity index (χ3n) is 6.34. The van der Waals surface area contributed by atoms with E-state index >= 15 is 0 Å². The van der Waals surface area contributed by atoms with Gasteiger partial charge < -0.3 is 14.1 Å². The summed E-state index contributed by atoms with van der Waals surface area (Å²) < 4.78 is 37.7. The molecule has 1 saturated heterocycles. The van der Waals surface area contributed by atoms with Crippen LogP contribution < -0.4 is 0 Å². The summed E-state index contributed by atoms with van der Waals surface area (Å²) in [5.74, 6) is -1.73. The summed E-state index contributed by atoms with van der Waals surface area (Å²) in [7, 11) is -4.15. The van der Waals surface area contributed by atoms with Crippen molar-refractivity contribution in [2.45, 2.75) is 75.2 Å². The lowest BCUT2D eigenvalue weighted by Crippen LogP contribution is -2.68. The minimum atomic E-state index is -3.81. The molecule has 1 aliphatic rings. The van der Waals surface area contributed by atoms with Crippen molar-refractivity contribution in [1.82, 2.24) is 4.90 Å². The minimum Gasteiger partial charge on any atom is -0.467 e. The number of β-lactam (4-membered cyclic amide) rings is 1. The number of ether oxygens (including phenoxy) is 1. The number of benzene rings is 1. The SMILES string of the molecule is C=C(C)C(C(=O)OC)N1C(=O)[C@H]([C@@H](C)O[Si](C)(C)C(C)(C)C)[C@H]1SS(=O)(=O)c1ccccc1. The quantitative estimate of drug-likeness (QED) is 0.159. The predicted molar refractivity (Wildman–Crippen MR) is 134 cm³/mol. The number of nitrogens with zero attached hydrogens (tertiary/aromatic N) is 1. The van der Waals surface area contributed by atoms with Crippen molar-refractivity contribution in [2.24, 2.45) is 5.92 Å². The van der Waals surface area contributed by atoms with Crippen molar-refractivity contribution in [3.05, 3.63) is 42.5 Å². The molecule has 33 heavy (non-hydrogen) atoms. The second kappa shape index (κ2) is 9.93. The van der Waals surface area contributed by atoms with Gasteiger partial charge in [0.2, 0.25) is 14.8 Å². The Balaban J connectivity index is 2.46. The summed E-state index contributed by atoms with van der Waals surface area (Å²) in [5, 5.41) is -0.915. The van der Waals surface area contributed by atoms with Crippen molar-refractivity contribution in [3.63, 3.8) is 0 Å². The highest BCUT2D eigenvalue weighted by Crippen LogP contribution is 2.47. The lowest BCUT2D eigenvalue weighted by Gasteiger charge is -2.52. The standard InChI is InChI=1S/C23H35NO6S2Si/c1-15(2)19(22(26)29-7)24-20(25)18(16(3)30-33(8,9)23(4,5)6)21(24)31-32(27,28)17-13-11-10-12-14-17/h10-14,16,18-19,21H,1H2,2-9H3/t16-,18+,19?,21-/m1/s1. The number of hydrogen-bond acceptors (Lipinski definition) is 7. The number of rotatable bonds is 9. The number of methoxy groups -OCH3 is 1. The molecular formula is C23H35NO6S2Si. The fourth-order valence-electron chi connectivity index (χ4n) is 3.47. The Kier molecular flexibility index (Phi) is 8.31. The van der Waals surface area contributed by atoms with Crippen LogP contribution in [0.5, 0.6) is 0 Å². The lowest BCUT2D eigenvalue weighted by molar-refractivity contribution is -0.168. The number of carbonyl (C=O) groups excluding carboxylic acids is 2. The fourth-order valence-corrected chi connectivity index (χ4v) is 8.62. The maximum absolute atomic E-state index is 13.3. The van der Waals surface area contributed by atoms with Gasteiger partial charge in [-0.3, -0.25) is 4.79 Å². The first-order valence-electron chi connectivity index (χ1n) is 10.8. The van der Waals surface area contributed by atoms with Gasteiger partial charge in [0.05, 0.1) is 24.0 Å². The first kappa shape index (κ1) is 27.6. The second-order valence-electron chi connectivity index (χ2n) is 9.88. The van der Waals surface area contributed by atoms with Gasteiger partial charge in [0.1, 0.15) is 5.37 Å². The van der Waals surface area contributed by atoms with Gasteiger partial charge in [-0.25, -0.2) is 13.2 Å². The smallest absolute Gasteiger partial charge is 0.332 e. The highest BCUT2D eigenvalue weighted by molar-refractivity contribution is 8.72. The molecule has 7 nitrogen and oxygen atoms in total. The van der Waals surface area contributed by atoms with Crippen LogP contribution in [0.2, 0.25) is 18.1 Å². The Morgan fingerprint density at radius 1 is 1.21 bits per heavy atom. The van der Waals surface area contributed by atoms with Gasteiger partial charge in [-0.05, 0) is 60.5 Å². The third-order valence-corrected chi connectivity index (χ3v) is 14.7. The van der Waals surface area contributed by atoms with Crippen molar-refractivity contribution in [2.75, 3.05) is 7.11 Å². The molecule has 2 rings (SSSR count). The van der Waals surface area contributed by atoms with E-state index in [2.05, 4.69) is 40.4 Å². The van der Waals surface area contributed by atoms with E-state index in [1.807, 2.05) is 0 Å². The zero-order valence-corrected chi connectivity index (χ0v) is 23.2. The van der Waals surface area contributed by atoms with Crippen LogP contribution in [0.25, 0.3) is 0 Å². The van der Waals surface area contributed by atoms with Crippen LogP contribution in [0.1, 0.15) is 34.6 Å². The van der Waals surface area contributed by atoms with E-state index < -0.39 is 46.6 Å². The maximum Gasteiger partial charge on any atom is 0.332 e. The monoisotopic (exact) mass is 513 g/mol. The average Bonchev–Trinajstić information content (AvgIpc) is 2.70. The number of esters is 1. The Morgan fingerprint density at radius 3 is 2.21 bits per heavy atom. The largest absolute Gasteiger partial charge is 0.467 e. The summed E-state index contributed by atoms with van der Waals surface area (Å²) in [6.07, 6.45) is -0.526. The van der Waals surface area contributed by atoms with Crippen molar-refractivity contribution in [3.8, 4) is 0 Å². The van der Waals surface area contributed by atoms with Gasteiger partial charge in [0.25, 0.3) is 0 Å². The minimum absolute atomic E-state index is 0.0846. The molecule has 0 saturated carbocycles. The zero-order valence-electron chi connectivity index (χ0n) is 20.6. The van der Waals surface area contributed by atoms with Crippen LogP contribution in [0, 0.1) is 5.92 Å². The van der Waals surface area contributed by atoms with Crippen LogP contribution in [-0.2, 0) is 27.6 Å². The molecule has 1 unspecified atom stereocenters. The molecule has 4 atom stereocenters. The van der Waals surface area contributed by atoms with E-state index in [1.54, 1.807) is 32.0 Å². The zero-order chi connectivity index (χ0) is 25.4. The van der Waals surface area contributed by atoms with Crippen LogP contribution in [-0.4, -0.2) is 58.1 Å². The number of amides is 1. The predicted octanol–water partition coefficient (Wildman–Crippen LogP) is 4.42. The van der Waals surface area contributed by atoms with Crippen LogP contribution in [0.15, 0.2) is 47.4 Å². The summed E-state index contributed by atoms with van der Waals surface area (Å²) in [4.78, 5) is 27.2. The van der Waals surface area contributed by atoms with E-state index in [0.717, 1.165) is 0 Å². The summed E-state index contributed by atoms with van der Waals surface area (Å²) in [6.45, 7) is 17.7. The van der Waals surface area contributed by atoms with E-state index in [-0.39, 0.29) is 15.8 Å². The van der Waals surface area contributed by atoms with Crippen molar-refractivity contribution in [1.29, 1.82) is 0 Å². The Labute approximate surface area is 202 Å². The molecule has 1 fully saturated rings. The van der Waals surface area contributed by atoms with Crippen LogP contribution in [0.3, 0.4) is 0 Å². The van der Waals surface area contributed by atoms with E-state index in [1.165, 1.54) is 24.1 Å². The summed E-state index contributed by atoms with van der Waals surface area (Å²) >= 11 is 0. The van der Waals surface area contributed by atoms with E-state index in [0.29, 0.717) is 16.4 Å². The molecule has 0 spiro atoms. The van der Waals surface area contributed by atoms with Gasteiger partial charge in [0, 0.05) is 0 Å². The highest BCUT2D eigenvalue weighted by atomic mass is 33.1. The normalized spacial score (nSPS) is 21.2. The molecule has 0 aliphatic carbocycles. The first-order valence-corrected chi connectivity index (χ1v) is 16.6. The average molecular weight is 514 g/mol. The molecule has 0 bridgehead atoms. The molecule has 1 aliphatic heterocycles. The Hall–Kier alpha value is -1.62. The maximum atomic E-state index is 13.3. The molecule has 0 aromatic heterocycles. The molecule has 1 aromatic rings. The van der Waals surface area contributed by atoms with Gasteiger partial charge in [-0.2, -0.15) is 0 Å². The lowest BCUT2D eigenvalue weighted by atomic mass is 9.89. The summed E-state index contributed by atoms with van der Waals surface area (Å²) in [5.41, 5.74) is 0.398. The first-order chi connectivity index (χ1) is 15.0. The Bertz CT molecular complexity index is 1000. The van der Waals surface area contributed by atoms with Crippen LogP contribution >= 0.6 is 10.8 Å². The van der Waals surface area contributed by atoms with Crippen molar-refractivity contribution >= 4 is 39.9 Å². The van der Waals surface area contributed by atoms with Gasteiger partial charge >= 0.3 is 5.97 Å². The molecule has 1 amide bonds.